The second-order valence-electron chi connectivity index (χ2n) is 8.60. The molecule has 4 rings (SSSR count). The van der Waals surface area contributed by atoms with E-state index in [9.17, 15) is 18.0 Å². The molecule has 1 N–H and O–H groups in total. The second kappa shape index (κ2) is 10.1. The Morgan fingerprint density at radius 1 is 1.14 bits per heavy atom. The molecule has 0 bridgehead atoms. The minimum Gasteiger partial charge on any atom is -0.493 e. The average Bonchev–Trinajstić information content (AvgIpc) is 3.24. The minimum atomic E-state index is -4.49. The van der Waals surface area contributed by atoms with Gasteiger partial charge >= 0.3 is 6.18 Å². The molecule has 1 aliphatic heterocycles. The van der Waals surface area contributed by atoms with Crippen LogP contribution in [0.25, 0.3) is 5.69 Å². The van der Waals surface area contributed by atoms with Crippen LogP contribution in [-0.4, -0.2) is 53.0 Å². The Bertz CT molecular complexity index is 1180. The molecule has 1 aromatic heterocycles. The van der Waals surface area contributed by atoms with Crippen LogP contribution < -0.4 is 10.1 Å². The Morgan fingerprint density at radius 2 is 1.86 bits per heavy atom. The number of nitrogens with zero attached hydrogens (tertiary/aromatic N) is 3. The fourth-order valence-electron chi connectivity index (χ4n) is 4.24. The predicted octanol–water partition coefficient (Wildman–Crippen LogP) is 4.76. The van der Waals surface area contributed by atoms with E-state index < -0.39 is 17.6 Å². The number of benzene rings is 2. The zero-order valence-electron chi connectivity index (χ0n) is 19.7. The van der Waals surface area contributed by atoms with Gasteiger partial charge < -0.3 is 14.8 Å². The smallest absolute Gasteiger partial charge is 0.416 e. The van der Waals surface area contributed by atoms with E-state index in [0.717, 1.165) is 30.8 Å². The summed E-state index contributed by atoms with van der Waals surface area (Å²) in [6.07, 6.45) is -2.88. The number of morpholine rings is 1. The van der Waals surface area contributed by atoms with Crippen LogP contribution in [0.2, 0.25) is 0 Å². The normalized spacial score (nSPS) is 18.9. The van der Waals surface area contributed by atoms with Crippen LogP contribution in [0.5, 0.6) is 5.75 Å². The third kappa shape index (κ3) is 5.83. The van der Waals surface area contributed by atoms with E-state index >= 15 is 0 Å². The van der Waals surface area contributed by atoms with Crippen LogP contribution in [0.15, 0.2) is 54.7 Å². The molecule has 35 heavy (non-hydrogen) atoms. The molecule has 0 saturated carbocycles. The zero-order valence-corrected chi connectivity index (χ0v) is 19.7. The number of aromatic nitrogens is 2. The Morgan fingerprint density at radius 3 is 2.54 bits per heavy atom. The fraction of sp³-hybridized carbons (Fsp3) is 0.360. The number of carbonyl (C=O) groups excluding carboxylic acids is 1. The van der Waals surface area contributed by atoms with Crippen molar-refractivity contribution in [1.82, 2.24) is 14.7 Å². The molecule has 1 aliphatic rings. The molecule has 186 valence electrons. The van der Waals surface area contributed by atoms with E-state index in [-0.39, 0.29) is 29.3 Å². The number of ether oxygens (including phenoxy) is 2. The number of halogens is 3. The lowest BCUT2D eigenvalue weighted by Gasteiger charge is -2.35. The number of anilines is 1. The minimum absolute atomic E-state index is 0.0340. The number of hydrogen-bond acceptors (Lipinski definition) is 5. The molecular weight excluding hydrogens is 461 g/mol. The Kier molecular flexibility index (Phi) is 7.13. The number of nitrogens with one attached hydrogen (secondary N) is 1. The van der Waals surface area contributed by atoms with E-state index in [0.29, 0.717) is 12.2 Å². The van der Waals surface area contributed by atoms with Gasteiger partial charge in [-0.25, -0.2) is 4.68 Å². The number of rotatable bonds is 6. The summed E-state index contributed by atoms with van der Waals surface area (Å²) in [5.74, 6) is -0.378. The van der Waals surface area contributed by atoms with E-state index in [2.05, 4.69) is 15.3 Å². The highest BCUT2D eigenvalue weighted by Gasteiger charge is 2.31. The lowest BCUT2D eigenvalue weighted by Crippen LogP contribution is -2.44. The maximum Gasteiger partial charge on any atom is 0.416 e. The summed E-state index contributed by atoms with van der Waals surface area (Å²) in [5, 5.41) is 7.10. The van der Waals surface area contributed by atoms with Crippen LogP contribution in [0.1, 0.15) is 35.5 Å². The molecule has 7 nitrogen and oxygen atoms in total. The zero-order chi connectivity index (χ0) is 25.2. The molecule has 2 heterocycles. The van der Waals surface area contributed by atoms with E-state index in [1.807, 2.05) is 32.0 Å². The van der Waals surface area contributed by atoms with E-state index in [1.165, 1.54) is 30.1 Å². The number of methoxy groups -OCH3 is 1. The summed E-state index contributed by atoms with van der Waals surface area (Å²) >= 11 is 0. The van der Waals surface area contributed by atoms with Crippen LogP contribution in [0.4, 0.5) is 18.9 Å². The molecule has 2 aromatic carbocycles. The number of hydrogen-bond donors (Lipinski definition) is 1. The molecule has 1 saturated heterocycles. The first-order valence-corrected chi connectivity index (χ1v) is 11.2. The lowest BCUT2D eigenvalue weighted by atomic mass is 10.1. The third-order valence-electron chi connectivity index (χ3n) is 5.71. The molecule has 10 heteroatoms. The Balaban J connectivity index is 1.56. The highest BCUT2D eigenvalue weighted by molar-refractivity contribution is 6.05. The first-order chi connectivity index (χ1) is 16.6. The van der Waals surface area contributed by atoms with Gasteiger partial charge in [0.1, 0.15) is 0 Å². The van der Waals surface area contributed by atoms with Crippen molar-refractivity contribution < 1.29 is 27.4 Å². The lowest BCUT2D eigenvalue weighted by molar-refractivity contribution is -0.137. The highest BCUT2D eigenvalue weighted by Crippen LogP contribution is 2.31. The molecule has 0 radical (unpaired) electrons. The maximum absolute atomic E-state index is 13.1. The Labute approximate surface area is 201 Å². The van der Waals surface area contributed by atoms with Gasteiger partial charge in [-0.15, -0.1) is 0 Å². The average molecular weight is 489 g/mol. The van der Waals surface area contributed by atoms with Gasteiger partial charge in [0.15, 0.2) is 11.4 Å². The van der Waals surface area contributed by atoms with Gasteiger partial charge in [0.05, 0.1) is 36.8 Å². The number of para-hydroxylation sites is 1. The SMILES string of the molecule is COc1cn(-c2cccc(C(F)(F)F)c2)nc1C(=O)Nc1ccccc1CN1CC(C)OC(C)C1. The summed E-state index contributed by atoms with van der Waals surface area (Å²) < 4.78 is 51.7. The first kappa shape index (κ1) is 24.7. The topological polar surface area (TPSA) is 68.6 Å². The second-order valence-corrected chi connectivity index (χ2v) is 8.60. The third-order valence-corrected chi connectivity index (χ3v) is 5.71. The van der Waals surface area contributed by atoms with Crippen LogP contribution in [0, 0.1) is 0 Å². The maximum atomic E-state index is 13.1. The molecule has 2 unspecified atom stereocenters. The number of carbonyl (C=O) groups is 1. The van der Waals surface area contributed by atoms with Crippen LogP contribution in [-0.2, 0) is 17.5 Å². The number of alkyl halides is 3. The highest BCUT2D eigenvalue weighted by atomic mass is 19.4. The van der Waals surface area contributed by atoms with Gasteiger partial charge in [-0.3, -0.25) is 9.69 Å². The monoisotopic (exact) mass is 488 g/mol. The molecule has 0 aliphatic carbocycles. The van der Waals surface area contributed by atoms with Crippen molar-refractivity contribution in [1.29, 1.82) is 0 Å². The first-order valence-electron chi connectivity index (χ1n) is 11.2. The van der Waals surface area contributed by atoms with Crippen molar-refractivity contribution in [3.8, 4) is 11.4 Å². The molecule has 1 amide bonds. The van der Waals surface area contributed by atoms with Crippen molar-refractivity contribution in [2.75, 3.05) is 25.5 Å². The van der Waals surface area contributed by atoms with Crippen molar-refractivity contribution in [3.63, 3.8) is 0 Å². The van der Waals surface area contributed by atoms with Crippen molar-refractivity contribution >= 4 is 11.6 Å². The van der Waals surface area contributed by atoms with Crippen molar-refractivity contribution in [2.45, 2.75) is 38.8 Å². The van der Waals surface area contributed by atoms with Gasteiger partial charge in [-0.05, 0) is 43.7 Å². The summed E-state index contributed by atoms with van der Waals surface area (Å²) in [5.41, 5.74) is 0.871. The van der Waals surface area contributed by atoms with Gasteiger partial charge in [0, 0.05) is 25.3 Å². The van der Waals surface area contributed by atoms with Crippen molar-refractivity contribution in [3.05, 3.63) is 71.5 Å². The summed E-state index contributed by atoms with van der Waals surface area (Å²) in [6.45, 7) is 6.25. The predicted molar refractivity (Wildman–Crippen MR) is 125 cm³/mol. The van der Waals surface area contributed by atoms with E-state index in [4.69, 9.17) is 9.47 Å². The van der Waals surface area contributed by atoms with E-state index in [1.54, 1.807) is 6.07 Å². The van der Waals surface area contributed by atoms with Gasteiger partial charge in [0.2, 0.25) is 0 Å². The molecular formula is C25H27F3N4O3. The molecule has 2 atom stereocenters. The number of amides is 1. The summed E-state index contributed by atoms with van der Waals surface area (Å²) in [6, 6.07) is 12.2. The van der Waals surface area contributed by atoms with Gasteiger partial charge in [-0.1, -0.05) is 24.3 Å². The van der Waals surface area contributed by atoms with Crippen LogP contribution in [0.3, 0.4) is 0 Å². The summed E-state index contributed by atoms with van der Waals surface area (Å²) in [7, 11) is 1.37. The molecule has 0 spiro atoms. The van der Waals surface area contributed by atoms with Crippen molar-refractivity contribution in [2.24, 2.45) is 0 Å². The van der Waals surface area contributed by atoms with Gasteiger partial charge in [-0.2, -0.15) is 18.3 Å². The standard InChI is InChI=1S/C25H27F3N4O3/c1-16-12-31(13-17(2)35-16)14-18-7-4-5-10-21(18)29-24(33)23-22(34-3)15-32(30-23)20-9-6-8-19(11-20)25(26,27)28/h4-11,15-17H,12-14H2,1-3H3,(H,29,33). The molecule has 1 fully saturated rings. The fourth-order valence-corrected chi connectivity index (χ4v) is 4.24. The van der Waals surface area contributed by atoms with Crippen LogP contribution >= 0.6 is 0 Å². The largest absolute Gasteiger partial charge is 0.493 e. The van der Waals surface area contributed by atoms with Gasteiger partial charge in [0.25, 0.3) is 5.91 Å². The quantitative estimate of drug-likeness (QED) is 0.542. The Hall–Kier alpha value is -3.37. The summed E-state index contributed by atoms with van der Waals surface area (Å²) in [4.78, 5) is 15.4. The molecule has 3 aromatic rings.